The molecule has 0 spiro atoms. The van der Waals surface area contributed by atoms with Gasteiger partial charge < -0.3 is 14.7 Å². The Bertz CT molecular complexity index is 159. The van der Waals surface area contributed by atoms with Gasteiger partial charge in [0.2, 0.25) is 5.91 Å². The van der Waals surface area contributed by atoms with Gasteiger partial charge in [-0.1, -0.05) is 0 Å². The second-order valence-corrected chi connectivity index (χ2v) is 3.42. The molecule has 1 atom stereocenters. The van der Waals surface area contributed by atoms with Crippen LogP contribution in [0, 0.1) is 0 Å². The summed E-state index contributed by atoms with van der Waals surface area (Å²) < 4.78 is 5.12. The Morgan fingerprint density at radius 1 is 1.57 bits per heavy atom. The smallest absolute Gasteiger partial charge is 0.222 e. The zero-order chi connectivity index (χ0) is 11.0. The van der Waals surface area contributed by atoms with E-state index in [2.05, 4.69) is 0 Å². The third-order valence-electron chi connectivity index (χ3n) is 1.85. The first-order valence-corrected chi connectivity index (χ1v) is 5.07. The molecule has 1 amide bonds. The predicted octanol–water partition coefficient (Wildman–Crippen LogP) is 0.642. The lowest BCUT2D eigenvalue weighted by Crippen LogP contribution is -2.33. The van der Waals surface area contributed by atoms with Crippen molar-refractivity contribution >= 4 is 5.91 Å². The van der Waals surface area contributed by atoms with Crippen LogP contribution in [0.25, 0.3) is 0 Å². The molecule has 0 saturated heterocycles. The summed E-state index contributed by atoms with van der Waals surface area (Å²) in [6, 6.07) is 0. The summed E-state index contributed by atoms with van der Waals surface area (Å²) in [7, 11) is 1.70. The Labute approximate surface area is 85.9 Å². The summed E-state index contributed by atoms with van der Waals surface area (Å²) in [5.41, 5.74) is 0. The Morgan fingerprint density at radius 3 is 2.71 bits per heavy atom. The number of aliphatic hydroxyl groups is 1. The number of likely N-dealkylation sites (N-methyl/N-ethyl adjacent to an activating group) is 1. The van der Waals surface area contributed by atoms with E-state index >= 15 is 0 Å². The molecule has 1 unspecified atom stereocenters. The molecule has 0 aromatic carbocycles. The fraction of sp³-hybridized carbons (Fsp3) is 0.900. The Kier molecular flexibility index (Phi) is 7.42. The highest BCUT2D eigenvalue weighted by atomic mass is 16.5. The van der Waals surface area contributed by atoms with Crippen LogP contribution in [0.2, 0.25) is 0 Å². The van der Waals surface area contributed by atoms with E-state index in [-0.39, 0.29) is 5.91 Å². The summed E-state index contributed by atoms with van der Waals surface area (Å²) in [4.78, 5) is 13.0. The lowest BCUT2D eigenvalue weighted by molar-refractivity contribution is -0.131. The summed E-state index contributed by atoms with van der Waals surface area (Å²) in [6.45, 7) is 5.32. The third-order valence-corrected chi connectivity index (χ3v) is 1.85. The van der Waals surface area contributed by atoms with Gasteiger partial charge in [-0.2, -0.15) is 0 Å². The van der Waals surface area contributed by atoms with Crippen LogP contribution in [0.4, 0.5) is 0 Å². The Morgan fingerprint density at radius 2 is 2.21 bits per heavy atom. The first-order valence-electron chi connectivity index (χ1n) is 5.07. The second-order valence-electron chi connectivity index (χ2n) is 3.42. The number of hydrogen-bond acceptors (Lipinski definition) is 3. The summed E-state index contributed by atoms with van der Waals surface area (Å²) in [6.07, 6.45) is 0.774. The van der Waals surface area contributed by atoms with Crippen LogP contribution in [0.15, 0.2) is 0 Å². The molecule has 0 aromatic rings. The van der Waals surface area contributed by atoms with Crippen molar-refractivity contribution in [3.8, 4) is 0 Å². The van der Waals surface area contributed by atoms with Gasteiger partial charge in [-0.05, 0) is 20.3 Å². The molecule has 1 N–H and O–H groups in total. The first-order chi connectivity index (χ1) is 6.57. The predicted molar refractivity (Wildman–Crippen MR) is 55.0 cm³/mol. The number of ether oxygens (including phenoxy) is 1. The van der Waals surface area contributed by atoms with Crippen LogP contribution in [0.5, 0.6) is 0 Å². The van der Waals surface area contributed by atoms with E-state index in [1.165, 1.54) is 0 Å². The van der Waals surface area contributed by atoms with Crippen molar-refractivity contribution in [1.82, 2.24) is 4.90 Å². The number of amides is 1. The van der Waals surface area contributed by atoms with Gasteiger partial charge in [0, 0.05) is 33.2 Å². The van der Waals surface area contributed by atoms with E-state index in [0.717, 1.165) is 6.42 Å². The summed E-state index contributed by atoms with van der Waals surface area (Å²) >= 11 is 0. The minimum Gasteiger partial charge on any atom is -0.392 e. The largest absolute Gasteiger partial charge is 0.392 e. The molecule has 84 valence electrons. The molecule has 14 heavy (non-hydrogen) atoms. The van der Waals surface area contributed by atoms with Crippen LogP contribution in [0.1, 0.15) is 26.7 Å². The SMILES string of the molecule is CCOCCCC(=O)N(C)CC(C)O. The lowest BCUT2D eigenvalue weighted by Gasteiger charge is -2.18. The maximum atomic E-state index is 11.4. The molecular weight excluding hydrogens is 182 g/mol. The van der Waals surface area contributed by atoms with Crippen molar-refractivity contribution < 1.29 is 14.6 Å². The average Bonchev–Trinajstić information content (AvgIpc) is 2.11. The van der Waals surface area contributed by atoms with E-state index in [1.807, 2.05) is 6.92 Å². The van der Waals surface area contributed by atoms with Gasteiger partial charge in [-0.25, -0.2) is 0 Å². The van der Waals surface area contributed by atoms with Crippen molar-refractivity contribution in [1.29, 1.82) is 0 Å². The monoisotopic (exact) mass is 203 g/mol. The molecule has 0 heterocycles. The van der Waals surface area contributed by atoms with Gasteiger partial charge >= 0.3 is 0 Å². The van der Waals surface area contributed by atoms with Gasteiger partial charge in [0.05, 0.1) is 6.10 Å². The Balaban J connectivity index is 3.52. The molecule has 4 heteroatoms. The molecule has 4 nitrogen and oxygen atoms in total. The van der Waals surface area contributed by atoms with E-state index in [4.69, 9.17) is 9.84 Å². The van der Waals surface area contributed by atoms with E-state index < -0.39 is 6.10 Å². The highest BCUT2D eigenvalue weighted by molar-refractivity contribution is 5.75. The van der Waals surface area contributed by atoms with Crippen molar-refractivity contribution in [2.75, 3.05) is 26.8 Å². The fourth-order valence-corrected chi connectivity index (χ4v) is 1.16. The van der Waals surface area contributed by atoms with Crippen LogP contribution < -0.4 is 0 Å². The minimum atomic E-state index is -0.462. The normalized spacial score (nSPS) is 12.6. The molecule has 0 saturated carbocycles. The van der Waals surface area contributed by atoms with Crippen molar-refractivity contribution in [3.05, 3.63) is 0 Å². The molecule has 0 radical (unpaired) electrons. The number of carbonyl (C=O) groups is 1. The van der Waals surface area contributed by atoms with Crippen LogP contribution in [-0.4, -0.2) is 48.8 Å². The number of rotatable bonds is 7. The molecule has 0 fully saturated rings. The third kappa shape index (κ3) is 6.86. The van der Waals surface area contributed by atoms with E-state index in [1.54, 1.807) is 18.9 Å². The molecule has 0 aliphatic carbocycles. The Hall–Kier alpha value is -0.610. The highest BCUT2D eigenvalue weighted by Crippen LogP contribution is 1.97. The van der Waals surface area contributed by atoms with Gasteiger partial charge in [-0.15, -0.1) is 0 Å². The van der Waals surface area contributed by atoms with Crippen molar-refractivity contribution in [2.24, 2.45) is 0 Å². The van der Waals surface area contributed by atoms with Crippen molar-refractivity contribution in [2.45, 2.75) is 32.8 Å². The minimum absolute atomic E-state index is 0.0607. The van der Waals surface area contributed by atoms with E-state index in [0.29, 0.717) is 26.2 Å². The van der Waals surface area contributed by atoms with Crippen LogP contribution >= 0.6 is 0 Å². The second kappa shape index (κ2) is 7.76. The fourth-order valence-electron chi connectivity index (χ4n) is 1.16. The molecule has 0 aliphatic rings. The maximum Gasteiger partial charge on any atom is 0.222 e. The van der Waals surface area contributed by atoms with Gasteiger partial charge in [0.15, 0.2) is 0 Å². The summed E-state index contributed by atoms with van der Waals surface area (Å²) in [5.74, 6) is 0.0607. The average molecular weight is 203 g/mol. The number of carbonyl (C=O) groups excluding carboxylic acids is 1. The highest BCUT2D eigenvalue weighted by Gasteiger charge is 2.09. The first kappa shape index (κ1) is 13.4. The van der Waals surface area contributed by atoms with Gasteiger partial charge in [0.25, 0.3) is 0 Å². The molecular formula is C10H21NO3. The zero-order valence-corrected chi connectivity index (χ0v) is 9.32. The zero-order valence-electron chi connectivity index (χ0n) is 9.32. The van der Waals surface area contributed by atoms with Crippen molar-refractivity contribution in [3.63, 3.8) is 0 Å². The molecule has 0 aromatic heterocycles. The quantitative estimate of drug-likeness (QED) is 0.618. The van der Waals surface area contributed by atoms with Gasteiger partial charge in [0.1, 0.15) is 0 Å². The van der Waals surface area contributed by atoms with Gasteiger partial charge in [-0.3, -0.25) is 4.79 Å². The standard InChI is InChI=1S/C10H21NO3/c1-4-14-7-5-6-10(13)11(3)8-9(2)12/h9,12H,4-8H2,1-3H3. The molecule has 0 rings (SSSR count). The number of nitrogens with zero attached hydrogens (tertiary/aromatic N) is 1. The summed E-state index contributed by atoms with van der Waals surface area (Å²) in [5, 5.41) is 9.06. The topological polar surface area (TPSA) is 49.8 Å². The number of hydrogen-bond donors (Lipinski definition) is 1. The van der Waals surface area contributed by atoms with Crippen LogP contribution in [-0.2, 0) is 9.53 Å². The molecule has 0 bridgehead atoms. The lowest BCUT2D eigenvalue weighted by atomic mass is 10.3. The maximum absolute atomic E-state index is 11.4. The molecule has 0 aliphatic heterocycles. The number of aliphatic hydroxyl groups excluding tert-OH is 1. The van der Waals surface area contributed by atoms with Crippen LogP contribution in [0.3, 0.4) is 0 Å². The van der Waals surface area contributed by atoms with E-state index in [9.17, 15) is 4.79 Å².